The summed E-state index contributed by atoms with van der Waals surface area (Å²) >= 11 is 0. The van der Waals surface area contributed by atoms with Crippen LogP contribution in [0.25, 0.3) is 0 Å². The topological polar surface area (TPSA) is 111 Å². The Hall–Kier alpha value is -3.50. The highest BCUT2D eigenvalue weighted by molar-refractivity contribution is 6.01. The summed E-state index contributed by atoms with van der Waals surface area (Å²) in [5, 5.41) is 0. The van der Waals surface area contributed by atoms with E-state index in [9.17, 15) is 18.8 Å². The van der Waals surface area contributed by atoms with Gasteiger partial charge in [-0.2, -0.15) is 0 Å². The molecule has 210 valence electrons. The summed E-state index contributed by atoms with van der Waals surface area (Å²) in [4.78, 5) is 41.3. The van der Waals surface area contributed by atoms with E-state index in [0.717, 1.165) is 18.7 Å². The molecule has 0 aliphatic carbocycles. The Kier molecular flexibility index (Phi) is 8.87. The molecule has 1 atom stereocenters. The Morgan fingerprint density at radius 3 is 2.59 bits per heavy atom. The van der Waals surface area contributed by atoms with Crippen molar-refractivity contribution in [3.63, 3.8) is 0 Å². The smallest absolute Gasteiger partial charge is 0.306 e. The van der Waals surface area contributed by atoms with Gasteiger partial charge in [0.25, 0.3) is 5.91 Å². The van der Waals surface area contributed by atoms with E-state index >= 15 is 0 Å². The van der Waals surface area contributed by atoms with E-state index in [-0.39, 0.29) is 37.7 Å². The van der Waals surface area contributed by atoms with Gasteiger partial charge in [-0.15, -0.1) is 0 Å². The van der Waals surface area contributed by atoms with E-state index in [1.807, 2.05) is 0 Å². The molecule has 2 aliphatic heterocycles. The van der Waals surface area contributed by atoms with Gasteiger partial charge in [0.2, 0.25) is 5.91 Å². The van der Waals surface area contributed by atoms with Crippen LogP contribution in [0.2, 0.25) is 0 Å². The zero-order valence-electron chi connectivity index (χ0n) is 22.7. The Morgan fingerprint density at radius 2 is 1.90 bits per heavy atom. The first-order chi connectivity index (χ1) is 18.5. The molecule has 0 unspecified atom stereocenters. The van der Waals surface area contributed by atoms with Gasteiger partial charge in [0.05, 0.1) is 19.8 Å². The first-order valence-electron chi connectivity index (χ1n) is 13.2. The van der Waals surface area contributed by atoms with Crippen molar-refractivity contribution in [3.8, 4) is 5.75 Å². The quantitative estimate of drug-likeness (QED) is 0.460. The third-order valence-corrected chi connectivity index (χ3v) is 6.70. The summed E-state index contributed by atoms with van der Waals surface area (Å²) < 4.78 is 31.4. The first kappa shape index (κ1) is 28.5. The van der Waals surface area contributed by atoms with Crippen LogP contribution in [0.3, 0.4) is 0 Å². The number of carbonyl (C=O) groups is 3. The van der Waals surface area contributed by atoms with Gasteiger partial charge in [-0.1, -0.05) is 12.1 Å². The molecule has 2 aliphatic rings. The van der Waals surface area contributed by atoms with Crippen LogP contribution >= 0.6 is 0 Å². The van der Waals surface area contributed by atoms with Crippen molar-refractivity contribution in [2.24, 2.45) is 5.73 Å². The Bertz CT molecular complexity index is 1220. The number of ether oxygens (including phenoxy) is 3. The molecule has 0 spiro atoms. The molecule has 2 aromatic rings. The number of morpholine rings is 1. The average molecular weight is 542 g/mol. The largest absolute Gasteiger partial charge is 0.488 e. The van der Waals surface area contributed by atoms with E-state index in [1.54, 1.807) is 51.1 Å². The predicted molar refractivity (Wildman–Crippen MR) is 141 cm³/mol. The lowest BCUT2D eigenvalue weighted by atomic mass is 10.1. The second-order valence-electron chi connectivity index (χ2n) is 10.9. The molecule has 1 fully saturated rings. The third-order valence-electron chi connectivity index (χ3n) is 6.70. The molecule has 2 heterocycles. The fourth-order valence-electron chi connectivity index (χ4n) is 4.82. The van der Waals surface area contributed by atoms with Crippen LogP contribution < -0.4 is 10.5 Å². The second kappa shape index (κ2) is 12.1. The Morgan fingerprint density at radius 1 is 1.15 bits per heavy atom. The fraction of sp³-hybridized carbons (Fsp3) is 0.483. The number of fused-ring (bicyclic) bond motifs is 1. The van der Waals surface area contributed by atoms with Gasteiger partial charge in [0.15, 0.2) is 0 Å². The molecule has 0 bridgehead atoms. The number of hydrogen-bond acceptors (Lipinski definition) is 7. The number of benzene rings is 2. The number of esters is 1. The van der Waals surface area contributed by atoms with Gasteiger partial charge in [-0.25, -0.2) is 4.39 Å². The molecule has 2 N–H and O–H groups in total. The van der Waals surface area contributed by atoms with Crippen LogP contribution in [0.4, 0.5) is 4.39 Å². The van der Waals surface area contributed by atoms with Crippen molar-refractivity contribution in [1.82, 2.24) is 9.80 Å². The Labute approximate surface area is 228 Å². The van der Waals surface area contributed by atoms with Gasteiger partial charge in [-0.05, 0) is 57.0 Å². The molecule has 39 heavy (non-hydrogen) atoms. The minimum atomic E-state index is -0.986. The average Bonchev–Trinajstić information content (AvgIpc) is 3.20. The van der Waals surface area contributed by atoms with Crippen LogP contribution in [0.5, 0.6) is 5.75 Å². The first-order valence-corrected chi connectivity index (χ1v) is 13.2. The van der Waals surface area contributed by atoms with Crippen molar-refractivity contribution >= 4 is 17.8 Å². The molecular weight excluding hydrogens is 505 g/mol. The summed E-state index contributed by atoms with van der Waals surface area (Å²) in [5.41, 5.74) is 7.34. The third kappa shape index (κ3) is 7.33. The number of primary amides is 1. The van der Waals surface area contributed by atoms with Crippen LogP contribution in [-0.2, 0) is 38.8 Å². The summed E-state index contributed by atoms with van der Waals surface area (Å²) in [6, 6.07) is 9.07. The van der Waals surface area contributed by atoms with E-state index in [4.69, 9.17) is 19.9 Å². The van der Waals surface area contributed by atoms with Crippen molar-refractivity contribution in [1.29, 1.82) is 0 Å². The minimum absolute atomic E-state index is 0.0225. The number of hydrogen-bond donors (Lipinski definition) is 1. The lowest BCUT2D eigenvalue weighted by Crippen LogP contribution is -2.45. The monoisotopic (exact) mass is 541 g/mol. The van der Waals surface area contributed by atoms with Crippen LogP contribution in [0, 0.1) is 5.82 Å². The van der Waals surface area contributed by atoms with Gasteiger partial charge in [-0.3, -0.25) is 19.3 Å². The van der Waals surface area contributed by atoms with Crippen LogP contribution in [0.15, 0.2) is 36.4 Å². The van der Waals surface area contributed by atoms with Gasteiger partial charge in [0.1, 0.15) is 29.8 Å². The van der Waals surface area contributed by atoms with Crippen LogP contribution in [0.1, 0.15) is 60.7 Å². The zero-order chi connectivity index (χ0) is 28.2. The molecule has 2 aromatic carbocycles. The normalized spacial score (nSPS) is 16.6. The predicted octanol–water partition coefficient (Wildman–Crippen LogP) is 3.17. The van der Waals surface area contributed by atoms with Gasteiger partial charge in [0, 0.05) is 42.7 Å². The number of nitrogens with zero attached hydrogens (tertiary/aromatic N) is 2. The Balaban J connectivity index is 1.44. The SMILES string of the molecule is CC(C)(C)OC(=O)CC[C@@H](C(N)=O)N1Cc2c(OCc3cc(CN4CCOCC4)ccc3F)cccc2C1=O. The highest BCUT2D eigenvalue weighted by Gasteiger charge is 2.37. The molecule has 0 saturated carbocycles. The highest BCUT2D eigenvalue weighted by atomic mass is 19.1. The van der Waals surface area contributed by atoms with E-state index in [2.05, 4.69) is 4.90 Å². The molecule has 4 rings (SSSR count). The molecule has 1 saturated heterocycles. The lowest BCUT2D eigenvalue weighted by molar-refractivity contribution is -0.155. The summed E-state index contributed by atoms with van der Waals surface area (Å²) in [5.74, 6) is -1.50. The molecule has 0 aromatic heterocycles. The van der Waals surface area contributed by atoms with Gasteiger partial charge >= 0.3 is 5.97 Å². The van der Waals surface area contributed by atoms with Crippen molar-refractivity contribution in [2.45, 2.75) is 65.0 Å². The molecule has 9 nitrogen and oxygen atoms in total. The maximum Gasteiger partial charge on any atom is 0.306 e. The van der Waals surface area contributed by atoms with E-state index < -0.39 is 23.5 Å². The number of nitrogens with two attached hydrogens (primary N) is 1. The number of rotatable bonds is 10. The number of halogens is 1. The number of carbonyl (C=O) groups excluding carboxylic acids is 3. The maximum absolute atomic E-state index is 14.6. The zero-order valence-corrected chi connectivity index (χ0v) is 22.7. The van der Waals surface area contributed by atoms with Crippen LogP contribution in [-0.4, -0.2) is 65.5 Å². The molecule has 2 amide bonds. The minimum Gasteiger partial charge on any atom is -0.488 e. The number of amides is 2. The lowest BCUT2D eigenvalue weighted by Gasteiger charge is -2.26. The highest BCUT2D eigenvalue weighted by Crippen LogP contribution is 2.33. The fourth-order valence-corrected chi connectivity index (χ4v) is 4.82. The summed E-state index contributed by atoms with van der Waals surface area (Å²) in [7, 11) is 0. The summed E-state index contributed by atoms with van der Waals surface area (Å²) in [6.07, 6.45) is -0.0181. The van der Waals surface area contributed by atoms with Gasteiger partial charge < -0.3 is 24.8 Å². The summed E-state index contributed by atoms with van der Waals surface area (Å²) in [6.45, 7) is 9.05. The van der Waals surface area contributed by atoms with E-state index in [1.165, 1.54) is 11.0 Å². The molecular formula is C29H36FN3O6. The van der Waals surface area contributed by atoms with Crippen molar-refractivity contribution in [2.75, 3.05) is 26.3 Å². The standard InChI is InChI=1S/C29H36FN3O6/c1-29(2,3)39-26(34)10-9-24(27(31)35)33-17-22-21(28(33)36)5-4-6-25(22)38-18-20-15-19(7-8-23(20)30)16-32-11-13-37-14-12-32/h4-8,15,24H,9-14,16-18H2,1-3H3,(H2,31,35)/t24-/m0/s1. The van der Waals surface area contributed by atoms with E-state index in [0.29, 0.717) is 42.2 Å². The maximum atomic E-state index is 14.6. The second-order valence-corrected chi connectivity index (χ2v) is 10.9. The molecule has 10 heteroatoms. The van der Waals surface area contributed by atoms with Crippen molar-refractivity contribution in [3.05, 3.63) is 64.5 Å². The van der Waals surface area contributed by atoms with Crippen molar-refractivity contribution < 1.29 is 33.0 Å². The molecule has 0 radical (unpaired) electrons.